The average molecular weight is 318 g/mol. The molecule has 6 nitrogen and oxygen atoms in total. The van der Waals surface area contributed by atoms with Gasteiger partial charge in [0.05, 0.1) is 5.92 Å². The minimum absolute atomic E-state index is 0.340. The third-order valence-electron chi connectivity index (χ3n) is 4.56. The third-order valence-corrected chi connectivity index (χ3v) is 6.14. The molecule has 0 radical (unpaired) electrons. The van der Waals surface area contributed by atoms with Crippen LogP contribution in [0.3, 0.4) is 0 Å². The molecule has 4 atom stereocenters. The third kappa shape index (κ3) is 4.17. The van der Waals surface area contributed by atoms with E-state index in [1.54, 1.807) is 0 Å². The van der Waals surface area contributed by atoms with E-state index in [2.05, 4.69) is 18.6 Å². The molecule has 2 N–H and O–H groups in total. The average Bonchev–Trinajstić information content (AvgIpc) is 2.37. The number of nitrogens with zero attached hydrogens (tertiary/aromatic N) is 1. The van der Waals surface area contributed by atoms with Crippen molar-refractivity contribution in [2.45, 2.75) is 52.0 Å². The number of piperidine rings is 1. The molecule has 1 saturated carbocycles. The predicted molar refractivity (Wildman–Crippen MR) is 80.0 cm³/mol. The van der Waals surface area contributed by atoms with Gasteiger partial charge >= 0.3 is 5.97 Å². The molecule has 1 heterocycles. The standard InChI is InChI=1S/C14H26N2O4S/c1-10-7-11(2)9-16(8-10)21(19,20)15-13-6-4-3-5-12(13)14(17)18/h10-13,15H,3-9H2,1-2H3,(H,17,18). The second-order valence-electron chi connectivity index (χ2n) is 6.72. The van der Waals surface area contributed by atoms with Crippen LogP contribution in [0.4, 0.5) is 0 Å². The molecule has 0 aromatic carbocycles. The van der Waals surface area contributed by atoms with Crippen molar-refractivity contribution in [3.63, 3.8) is 0 Å². The number of carbonyl (C=O) groups is 1. The number of aliphatic carboxylic acids is 1. The summed E-state index contributed by atoms with van der Waals surface area (Å²) in [5, 5.41) is 9.25. The van der Waals surface area contributed by atoms with Gasteiger partial charge in [0.2, 0.25) is 0 Å². The van der Waals surface area contributed by atoms with Crippen molar-refractivity contribution in [1.82, 2.24) is 9.03 Å². The van der Waals surface area contributed by atoms with E-state index in [9.17, 15) is 18.3 Å². The lowest BCUT2D eigenvalue weighted by Crippen LogP contribution is -2.53. The summed E-state index contributed by atoms with van der Waals surface area (Å²) < 4.78 is 29.2. The Kier molecular flexibility index (Phi) is 5.27. The van der Waals surface area contributed by atoms with Gasteiger partial charge in [-0.05, 0) is 31.1 Å². The van der Waals surface area contributed by atoms with Crippen LogP contribution in [0.1, 0.15) is 46.0 Å². The summed E-state index contributed by atoms with van der Waals surface area (Å²) in [6.07, 6.45) is 3.93. The van der Waals surface area contributed by atoms with Crippen LogP contribution in [0.2, 0.25) is 0 Å². The number of rotatable bonds is 4. The number of carboxylic acid groups (broad SMARTS) is 1. The number of hydrogen-bond acceptors (Lipinski definition) is 3. The summed E-state index contributed by atoms with van der Waals surface area (Å²) in [5.74, 6) is -0.824. The summed E-state index contributed by atoms with van der Waals surface area (Å²) in [6, 6.07) is -0.478. The van der Waals surface area contributed by atoms with Crippen LogP contribution < -0.4 is 4.72 Å². The summed E-state index contributed by atoms with van der Waals surface area (Å²) in [7, 11) is -3.60. The lowest BCUT2D eigenvalue weighted by molar-refractivity contribution is -0.143. The van der Waals surface area contributed by atoms with E-state index in [0.717, 1.165) is 19.3 Å². The van der Waals surface area contributed by atoms with Crippen LogP contribution in [-0.4, -0.2) is 42.9 Å². The van der Waals surface area contributed by atoms with Crippen LogP contribution in [0.5, 0.6) is 0 Å². The summed E-state index contributed by atoms with van der Waals surface area (Å²) in [5.41, 5.74) is 0. The van der Waals surface area contributed by atoms with Crippen molar-refractivity contribution in [2.75, 3.05) is 13.1 Å². The van der Waals surface area contributed by atoms with Gasteiger partial charge in [-0.25, -0.2) is 0 Å². The Balaban J connectivity index is 2.07. The highest BCUT2D eigenvalue weighted by atomic mass is 32.2. The summed E-state index contributed by atoms with van der Waals surface area (Å²) in [4.78, 5) is 11.3. The Hall–Kier alpha value is -0.660. The lowest BCUT2D eigenvalue weighted by atomic mass is 9.85. The van der Waals surface area contributed by atoms with Crippen LogP contribution in [-0.2, 0) is 15.0 Å². The minimum Gasteiger partial charge on any atom is -0.481 e. The molecule has 21 heavy (non-hydrogen) atoms. The van der Waals surface area contributed by atoms with Crippen LogP contribution in [0, 0.1) is 17.8 Å². The maximum atomic E-state index is 12.5. The zero-order valence-electron chi connectivity index (χ0n) is 12.8. The molecule has 2 rings (SSSR count). The quantitative estimate of drug-likeness (QED) is 0.821. The molecule has 0 spiro atoms. The molecule has 1 aliphatic heterocycles. The van der Waals surface area contributed by atoms with Gasteiger partial charge in [-0.2, -0.15) is 17.4 Å². The Bertz CT molecular complexity index is 469. The molecule has 122 valence electrons. The second-order valence-corrected chi connectivity index (χ2v) is 8.42. The smallest absolute Gasteiger partial charge is 0.308 e. The molecular weight excluding hydrogens is 292 g/mol. The molecule has 0 aromatic heterocycles. The maximum Gasteiger partial charge on any atom is 0.308 e. The first kappa shape index (κ1) is 16.7. The van der Waals surface area contributed by atoms with Gasteiger partial charge in [-0.15, -0.1) is 0 Å². The predicted octanol–water partition coefficient (Wildman–Crippen LogP) is 1.44. The Labute approximate surface area is 127 Å². The molecule has 7 heteroatoms. The van der Waals surface area contributed by atoms with Gasteiger partial charge in [-0.3, -0.25) is 4.79 Å². The lowest BCUT2D eigenvalue weighted by Gasteiger charge is -2.36. The number of hydrogen-bond donors (Lipinski definition) is 2. The molecule has 4 unspecified atom stereocenters. The molecule has 2 aliphatic rings. The number of carboxylic acids is 1. The molecule has 1 aliphatic carbocycles. The minimum atomic E-state index is -3.60. The fourth-order valence-corrected chi connectivity index (χ4v) is 5.35. The number of nitrogens with one attached hydrogen (secondary N) is 1. The van der Waals surface area contributed by atoms with E-state index in [4.69, 9.17) is 0 Å². The highest BCUT2D eigenvalue weighted by molar-refractivity contribution is 7.87. The van der Waals surface area contributed by atoms with Crippen LogP contribution in [0.15, 0.2) is 0 Å². The summed E-state index contributed by atoms with van der Waals surface area (Å²) in [6.45, 7) is 5.14. The van der Waals surface area contributed by atoms with Gasteiger partial charge < -0.3 is 5.11 Å². The van der Waals surface area contributed by atoms with Gasteiger partial charge in [0.15, 0.2) is 0 Å². The molecule has 0 bridgehead atoms. The first-order valence-electron chi connectivity index (χ1n) is 7.80. The van der Waals surface area contributed by atoms with Crippen molar-refractivity contribution in [1.29, 1.82) is 0 Å². The zero-order chi connectivity index (χ0) is 15.6. The Morgan fingerprint density at radius 1 is 1.14 bits per heavy atom. The second kappa shape index (κ2) is 6.62. The van der Waals surface area contributed by atoms with Crippen molar-refractivity contribution < 1.29 is 18.3 Å². The van der Waals surface area contributed by atoms with E-state index >= 15 is 0 Å². The Morgan fingerprint density at radius 3 is 2.29 bits per heavy atom. The van der Waals surface area contributed by atoms with E-state index in [1.165, 1.54) is 4.31 Å². The van der Waals surface area contributed by atoms with Crippen molar-refractivity contribution in [3.8, 4) is 0 Å². The van der Waals surface area contributed by atoms with Crippen LogP contribution >= 0.6 is 0 Å². The van der Waals surface area contributed by atoms with Crippen molar-refractivity contribution in [3.05, 3.63) is 0 Å². The first-order chi connectivity index (χ1) is 9.79. The monoisotopic (exact) mass is 318 g/mol. The van der Waals surface area contributed by atoms with Crippen molar-refractivity contribution in [2.24, 2.45) is 17.8 Å². The molecule has 0 amide bonds. The Morgan fingerprint density at radius 2 is 1.71 bits per heavy atom. The van der Waals surface area contributed by atoms with Gasteiger partial charge in [-0.1, -0.05) is 26.7 Å². The van der Waals surface area contributed by atoms with E-state index in [1.807, 2.05) is 0 Å². The molecule has 2 fully saturated rings. The molecule has 1 saturated heterocycles. The topological polar surface area (TPSA) is 86.7 Å². The maximum absolute atomic E-state index is 12.5. The van der Waals surface area contributed by atoms with E-state index < -0.39 is 28.1 Å². The SMILES string of the molecule is CC1CC(C)CN(S(=O)(=O)NC2CCCCC2C(=O)O)C1. The van der Waals surface area contributed by atoms with Gasteiger partial charge in [0.1, 0.15) is 0 Å². The fraction of sp³-hybridized carbons (Fsp3) is 0.929. The first-order valence-corrected chi connectivity index (χ1v) is 9.24. The highest BCUT2D eigenvalue weighted by Crippen LogP contribution is 2.27. The van der Waals surface area contributed by atoms with E-state index in [0.29, 0.717) is 37.8 Å². The molecule has 0 aromatic rings. The highest BCUT2D eigenvalue weighted by Gasteiger charge is 2.37. The summed E-state index contributed by atoms with van der Waals surface area (Å²) >= 11 is 0. The molecular formula is C14H26N2O4S. The van der Waals surface area contributed by atoms with Crippen molar-refractivity contribution >= 4 is 16.2 Å². The van der Waals surface area contributed by atoms with Gasteiger partial charge in [0.25, 0.3) is 10.2 Å². The fourth-order valence-electron chi connectivity index (χ4n) is 3.64. The van der Waals surface area contributed by atoms with Crippen LogP contribution in [0.25, 0.3) is 0 Å². The van der Waals surface area contributed by atoms with E-state index in [-0.39, 0.29) is 0 Å². The van der Waals surface area contributed by atoms with Gasteiger partial charge in [0, 0.05) is 19.1 Å². The normalized spacial score (nSPS) is 35.5. The zero-order valence-corrected chi connectivity index (χ0v) is 13.6. The largest absolute Gasteiger partial charge is 0.481 e.